The van der Waals surface area contributed by atoms with Crippen molar-refractivity contribution in [3.05, 3.63) is 53.1 Å². The molecule has 4 fully saturated rings. The van der Waals surface area contributed by atoms with Crippen LogP contribution in [0.4, 0.5) is 32.0 Å². The number of carbonyl (C=O) groups is 6. The molecule has 2 unspecified atom stereocenters. The largest absolute Gasteiger partial charge is 0.403 e. The van der Waals surface area contributed by atoms with Crippen LogP contribution in [0.2, 0.25) is 5.02 Å². The molecule has 6 atom stereocenters. The van der Waals surface area contributed by atoms with E-state index in [1.54, 1.807) is 24.1 Å². The van der Waals surface area contributed by atoms with Gasteiger partial charge in [0.25, 0.3) is 5.92 Å². The van der Waals surface area contributed by atoms with Gasteiger partial charge in [0.1, 0.15) is 29.8 Å². The minimum Gasteiger partial charge on any atom is -0.396 e. The average Bonchev–Trinajstić information content (AvgIpc) is 3.71. The molecule has 75 heavy (non-hydrogen) atoms. The lowest BCUT2D eigenvalue weighted by molar-refractivity contribution is -0.300. The summed E-state index contributed by atoms with van der Waals surface area (Å²) in [6, 6.07) is 9.52. The number of hydrogen-bond donors (Lipinski definition) is 3. The molecule has 416 valence electrons. The van der Waals surface area contributed by atoms with Gasteiger partial charge in [-0.05, 0) is 79.0 Å². The predicted octanol–water partition coefficient (Wildman–Crippen LogP) is 6.54. The number of anilines is 1. The third kappa shape index (κ3) is 13.0. The van der Waals surface area contributed by atoms with E-state index in [0.29, 0.717) is 62.4 Å². The van der Waals surface area contributed by atoms with Crippen molar-refractivity contribution in [2.45, 2.75) is 139 Å². The zero-order valence-corrected chi connectivity index (χ0v) is 44.2. The van der Waals surface area contributed by atoms with Crippen molar-refractivity contribution in [1.29, 1.82) is 0 Å². The molecular weight excluding hydrogens is 1010 g/mol. The molecule has 4 N–H and O–H groups in total. The first-order valence-corrected chi connectivity index (χ1v) is 26.3. The van der Waals surface area contributed by atoms with Gasteiger partial charge in [-0.1, -0.05) is 69.3 Å². The van der Waals surface area contributed by atoms with Gasteiger partial charge in [-0.15, -0.1) is 0 Å². The minimum absolute atomic E-state index is 0.0251. The molecule has 0 spiro atoms. The summed E-state index contributed by atoms with van der Waals surface area (Å²) in [6.07, 6.45) is -10.8. The number of amides is 6. The van der Waals surface area contributed by atoms with E-state index in [1.165, 1.54) is 19.0 Å². The predicted molar refractivity (Wildman–Crippen MR) is 269 cm³/mol. The van der Waals surface area contributed by atoms with E-state index in [1.807, 2.05) is 44.2 Å². The van der Waals surface area contributed by atoms with Gasteiger partial charge in [-0.2, -0.15) is 13.2 Å². The number of aliphatic hydroxyl groups excluding tert-OH is 1. The highest BCUT2D eigenvalue weighted by atomic mass is 35.5. The Morgan fingerprint density at radius 2 is 1.59 bits per heavy atom. The molecule has 0 aromatic heterocycles. The fourth-order valence-corrected chi connectivity index (χ4v) is 11.6. The summed E-state index contributed by atoms with van der Waals surface area (Å²) >= 11 is 6.62. The lowest BCUT2D eigenvalue weighted by Gasteiger charge is -2.51. The van der Waals surface area contributed by atoms with E-state index in [9.17, 15) is 46.2 Å². The van der Waals surface area contributed by atoms with Crippen LogP contribution in [0.5, 0.6) is 0 Å². The summed E-state index contributed by atoms with van der Waals surface area (Å²) in [5.41, 5.74) is 2.68. The van der Waals surface area contributed by atoms with E-state index in [-0.39, 0.29) is 42.4 Å². The number of alkyl halides is 6. The number of ether oxygens (including phenoxy) is 1. The molecule has 2 aromatic carbocycles. The van der Waals surface area contributed by atoms with Gasteiger partial charge in [0.15, 0.2) is 5.41 Å². The number of likely N-dealkylation sites (tertiary alicyclic amines) is 1. The van der Waals surface area contributed by atoms with Gasteiger partial charge in [0.05, 0.1) is 25.7 Å². The molecule has 4 aliphatic rings. The fourth-order valence-electron chi connectivity index (χ4n) is 11.4. The monoisotopic (exact) mass is 1080 g/mol. The second-order valence-corrected chi connectivity index (χ2v) is 21.7. The van der Waals surface area contributed by atoms with Crippen molar-refractivity contribution in [1.82, 2.24) is 24.9 Å². The number of likely N-dealkylation sites (N-methyl/N-ethyl adjacent to an activating group) is 3. The fraction of sp³-hybridized carbons (Fsp3) is 0.660. The molecule has 15 nitrogen and oxygen atoms in total. The van der Waals surface area contributed by atoms with Crippen molar-refractivity contribution in [3.63, 3.8) is 0 Å². The highest BCUT2D eigenvalue weighted by molar-refractivity contribution is 6.30. The Hall–Kier alpha value is -5.15. The summed E-state index contributed by atoms with van der Waals surface area (Å²) in [6.45, 7) is 4.92. The molecule has 6 amide bonds. The van der Waals surface area contributed by atoms with Gasteiger partial charge in [-0.25, -0.2) is 13.2 Å². The zero-order valence-electron chi connectivity index (χ0n) is 43.4. The van der Waals surface area contributed by atoms with Crippen molar-refractivity contribution >= 4 is 52.7 Å². The Morgan fingerprint density at radius 3 is 2.19 bits per heavy atom. The number of rotatable bonds is 14. The van der Waals surface area contributed by atoms with Gasteiger partial charge >= 0.3 is 6.18 Å². The number of nitrogens with two attached hydrogens (primary N) is 1. The molecule has 6 rings (SSSR count). The van der Waals surface area contributed by atoms with E-state index >= 15 is 14.0 Å². The maximum absolute atomic E-state index is 15.7. The number of nitrogens with one attached hydrogen (secondary N) is 1. The Bertz CT molecular complexity index is 2370. The lowest BCUT2D eigenvalue weighted by atomic mass is 9.63. The summed E-state index contributed by atoms with van der Waals surface area (Å²) in [5, 5.41) is 13.2. The second kappa shape index (κ2) is 24.5. The summed E-state index contributed by atoms with van der Waals surface area (Å²) < 4.78 is 93.9. The molecule has 22 heteroatoms. The maximum Gasteiger partial charge on any atom is 0.403 e. The van der Waals surface area contributed by atoms with Gasteiger partial charge in [0, 0.05) is 83.8 Å². The molecular formula is C53H72ClF6N7O8. The van der Waals surface area contributed by atoms with Crippen LogP contribution >= 0.6 is 11.6 Å². The molecule has 3 saturated heterocycles. The molecule has 0 bridgehead atoms. The summed E-state index contributed by atoms with van der Waals surface area (Å²) in [5.74, 6) is -12.6. The van der Waals surface area contributed by atoms with E-state index in [0.717, 1.165) is 34.8 Å². The van der Waals surface area contributed by atoms with Crippen molar-refractivity contribution in [3.8, 4) is 11.1 Å². The Balaban J connectivity index is 1.34. The molecule has 2 aromatic rings. The highest BCUT2D eigenvalue weighted by Gasteiger charge is 2.76. The Morgan fingerprint density at radius 1 is 0.947 bits per heavy atom. The van der Waals surface area contributed by atoms with Crippen molar-refractivity contribution in [2.24, 2.45) is 23.0 Å². The van der Waals surface area contributed by atoms with Gasteiger partial charge in [0.2, 0.25) is 35.4 Å². The number of aliphatic hydroxyl groups is 1. The van der Waals surface area contributed by atoms with Crippen LogP contribution in [-0.2, 0) is 39.9 Å². The molecule has 1 saturated carbocycles. The first kappa shape index (κ1) is 59.1. The third-order valence-corrected chi connectivity index (χ3v) is 15.8. The Labute approximate surface area is 439 Å². The quantitative estimate of drug-likeness (QED) is 0.177. The van der Waals surface area contributed by atoms with Gasteiger partial charge in [-0.3, -0.25) is 28.8 Å². The number of nitrogens with zero attached hydrogens (tertiary/aromatic N) is 5. The normalized spacial score (nSPS) is 25.7. The van der Waals surface area contributed by atoms with E-state index in [4.69, 9.17) is 22.1 Å². The van der Waals surface area contributed by atoms with Crippen LogP contribution in [0.1, 0.15) is 96.5 Å². The van der Waals surface area contributed by atoms with Crippen LogP contribution in [0, 0.1) is 17.3 Å². The number of benzene rings is 2. The molecule has 3 aliphatic heterocycles. The van der Waals surface area contributed by atoms with Gasteiger partial charge < -0.3 is 45.4 Å². The average molecular weight is 1080 g/mol. The molecule has 0 radical (unpaired) electrons. The van der Waals surface area contributed by atoms with E-state index < -0.39 is 122 Å². The maximum atomic E-state index is 15.7. The number of carbonyl (C=O) groups excluding carboxylic acids is 6. The first-order chi connectivity index (χ1) is 35.3. The molecule has 1 aliphatic carbocycles. The van der Waals surface area contributed by atoms with Crippen molar-refractivity contribution in [2.75, 3.05) is 72.0 Å². The Kier molecular flexibility index (Phi) is 19.3. The third-order valence-electron chi connectivity index (χ3n) is 15.6. The van der Waals surface area contributed by atoms with Crippen molar-refractivity contribution < 1.29 is 65.0 Å². The SMILES string of the molecule is CC(C)C[C@@H]1NC(=O)[C@@H](N(C)C(=O)[C@@H](CCCO)C2(C(N)=O)CC(F)CN2C(=O)C2(C(F)(F)F)CC(F)(F)C2)CCCCCCCN(C)C(=O)[C@H](Cc2cc(Cl)ccc2-c2ccc(N3CCOCC3)cc2)N(C)C1=O. The van der Waals surface area contributed by atoms with Crippen LogP contribution in [0.25, 0.3) is 11.1 Å². The zero-order chi connectivity index (χ0) is 55.2. The number of halogens is 7. The second-order valence-electron chi connectivity index (χ2n) is 21.3. The highest BCUT2D eigenvalue weighted by Crippen LogP contribution is 2.62. The van der Waals surface area contributed by atoms with Crippen LogP contribution in [0.3, 0.4) is 0 Å². The van der Waals surface area contributed by atoms with Crippen LogP contribution in [0.15, 0.2) is 42.5 Å². The number of hydrogen-bond acceptors (Lipinski definition) is 9. The van der Waals surface area contributed by atoms with E-state index in [2.05, 4.69) is 10.2 Å². The summed E-state index contributed by atoms with van der Waals surface area (Å²) in [7, 11) is 4.35. The van der Waals surface area contributed by atoms with Crippen LogP contribution in [-0.4, -0.2) is 169 Å². The summed E-state index contributed by atoms with van der Waals surface area (Å²) in [4.78, 5) is 93.7. The first-order valence-electron chi connectivity index (χ1n) is 25.9. The lowest BCUT2D eigenvalue weighted by Crippen LogP contribution is -2.70. The number of morpholine rings is 1. The van der Waals surface area contributed by atoms with Crippen LogP contribution < -0.4 is 16.0 Å². The standard InChI is InChI=1S/C53H72ClF6N7O8/c1-33(2)26-41-46(71)65(5)43(28-35-27-36(54)16-19-39(35)34-14-17-38(18-15-34)66-21-24-75-25-22-66)47(72)63(3)20-10-8-6-7-9-13-42(44(69)62-41)64(4)45(70)40(12-11-23-68)52(48(61)73)29-37(55)30-67(52)49(74)50(53(58,59)60)31-51(56,57)32-50/h14-19,27,33,37,40-43,68H,6-13,20-26,28-32H2,1-5H3,(H2,61,73)(H,62,69)/t37?,40-,41+,42+,43+,52?/m1/s1. The number of primary amides is 1. The minimum atomic E-state index is -5.57. The molecule has 3 heterocycles. The smallest absolute Gasteiger partial charge is 0.396 e. The topological polar surface area (TPSA) is 186 Å².